The Morgan fingerprint density at radius 1 is 1.10 bits per heavy atom. The van der Waals surface area contributed by atoms with Crippen molar-refractivity contribution in [1.82, 2.24) is 4.90 Å². The number of nitrogens with zero attached hydrogens (tertiary/aromatic N) is 1. The van der Waals surface area contributed by atoms with Crippen LogP contribution in [0.25, 0.3) is 0 Å². The topological polar surface area (TPSA) is 64.8 Å². The van der Waals surface area contributed by atoms with E-state index in [1.807, 2.05) is 44.2 Å². The smallest absolute Gasteiger partial charge is 0.244 e. The molecule has 1 rings (SSSR count). The summed E-state index contributed by atoms with van der Waals surface area (Å²) in [5, 5.41) is 0. The van der Waals surface area contributed by atoms with Crippen molar-refractivity contribution in [2.24, 2.45) is 5.73 Å². The van der Waals surface area contributed by atoms with E-state index < -0.39 is 6.04 Å². The molecule has 1 amide bonds. The molecule has 21 heavy (non-hydrogen) atoms. The van der Waals surface area contributed by atoms with Gasteiger partial charge < -0.3 is 20.1 Å². The van der Waals surface area contributed by atoms with Gasteiger partial charge in [0.15, 0.2) is 0 Å². The maximum Gasteiger partial charge on any atom is 0.244 e. The molecule has 0 saturated heterocycles. The second kappa shape index (κ2) is 10.3. The van der Waals surface area contributed by atoms with Crippen LogP contribution in [0.4, 0.5) is 0 Å². The zero-order valence-corrected chi connectivity index (χ0v) is 13.0. The minimum atomic E-state index is -0.644. The average molecular weight is 294 g/mol. The van der Waals surface area contributed by atoms with E-state index in [0.717, 1.165) is 5.56 Å². The van der Waals surface area contributed by atoms with Gasteiger partial charge in [-0.1, -0.05) is 30.3 Å². The summed E-state index contributed by atoms with van der Waals surface area (Å²) >= 11 is 0. The number of rotatable bonds is 10. The molecular formula is C16H26N2O3. The molecule has 0 bridgehead atoms. The first-order valence-electron chi connectivity index (χ1n) is 7.45. The third-order valence-corrected chi connectivity index (χ3v) is 3.16. The van der Waals surface area contributed by atoms with E-state index >= 15 is 0 Å². The van der Waals surface area contributed by atoms with Gasteiger partial charge in [0, 0.05) is 26.3 Å². The van der Waals surface area contributed by atoms with Crippen molar-refractivity contribution >= 4 is 5.91 Å². The fraction of sp³-hybridized carbons (Fsp3) is 0.562. The Balaban J connectivity index is 2.63. The third kappa shape index (κ3) is 6.25. The number of amides is 1. The quantitative estimate of drug-likeness (QED) is 0.666. The lowest BCUT2D eigenvalue weighted by Crippen LogP contribution is -2.42. The molecule has 0 aliphatic carbocycles. The van der Waals surface area contributed by atoms with E-state index in [-0.39, 0.29) is 5.91 Å². The zero-order chi connectivity index (χ0) is 15.5. The maximum atomic E-state index is 12.5. The fourth-order valence-corrected chi connectivity index (χ4v) is 1.97. The van der Waals surface area contributed by atoms with Crippen molar-refractivity contribution in [1.29, 1.82) is 0 Å². The van der Waals surface area contributed by atoms with Crippen molar-refractivity contribution < 1.29 is 14.3 Å². The highest BCUT2D eigenvalue weighted by Crippen LogP contribution is 2.12. The van der Waals surface area contributed by atoms with Crippen LogP contribution in [0, 0.1) is 0 Å². The van der Waals surface area contributed by atoms with Gasteiger partial charge in [-0.3, -0.25) is 4.79 Å². The monoisotopic (exact) mass is 294 g/mol. The molecule has 0 aliphatic rings. The normalized spacial score (nSPS) is 12.1. The van der Waals surface area contributed by atoms with Crippen molar-refractivity contribution in [2.45, 2.75) is 19.9 Å². The molecule has 2 N–H and O–H groups in total. The summed E-state index contributed by atoms with van der Waals surface area (Å²) < 4.78 is 10.7. The molecule has 1 atom stereocenters. The SMILES string of the molecule is CCOCCN(CCOCC)C(=O)[C@H](N)c1ccccc1. The number of hydrogen-bond acceptors (Lipinski definition) is 4. The van der Waals surface area contributed by atoms with Crippen LogP contribution < -0.4 is 5.73 Å². The highest BCUT2D eigenvalue weighted by molar-refractivity contribution is 5.83. The largest absolute Gasteiger partial charge is 0.380 e. The average Bonchev–Trinajstić information content (AvgIpc) is 2.53. The fourth-order valence-electron chi connectivity index (χ4n) is 1.97. The van der Waals surface area contributed by atoms with Gasteiger partial charge in [0.2, 0.25) is 5.91 Å². The predicted octanol–water partition coefficient (Wildman–Crippen LogP) is 1.59. The Morgan fingerprint density at radius 3 is 2.10 bits per heavy atom. The Bertz CT molecular complexity index is 388. The first-order valence-corrected chi connectivity index (χ1v) is 7.45. The van der Waals surface area contributed by atoms with Crippen LogP contribution in [0.3, 0.4) is 0 Å². The van der Waals surface area contributed by atoms with E-state index in [0.29, 0.717) is 39.5 Å². The Morgan fingerprint density at radius 2 is 1.62 bits per heavy atom. The predicted molar refractivity (Wildman–Crippen MR) is 82.9 cm³/mol. The number of carbonyl (C=O) groups is 1. The molecule has 0 aliphatic heterocycles. The van der Waals surface area contributed by atoms with Crippen molar-refractivity contribution in [3.05, 3.63) is 35.9 Å². The van der Waals surface area contributed by atoms with Crippen LogP contribution >= 0.6 is 0 Å². The minimum Gasteiger partial charge on any atom is -0.380 e. The van der Waals surface area contributed by atoms with Crippen LogP contribution in [-0.4, -0.2) is 50.3 Å². The first kappa shape index (κ1) is 17.6. The molecule has 0 spiro atoms. The maximum absolute atomic E-state index is 12.5. The Hall–Kier alpha value is -1.43. The standard InChI is InChI=1S/C16H26N2O3/c1-3-20-12-10-18(11-13-21-4-2)16(19)15(17)14-8-6-5-7-9-14/h5-9,15H,3-4,10-13,17H2,1-2H3/t15-/m1/s1. The number of hydrogen-bond donors (Lipinski definition) is 1. The van der Waals surface area contributed by atoms with Gasteiger partial charge in [-0.2, -0.15) is 0 Å². The van der Waals surface area contributed by atoms with E-state index in [4.69, 9.17) is 15.2 Å². The number of ether oxygens (including phenoxy) is 2. The van der Waals surface area contributed by atoms with Gasteiger partial charge in [0.1, 0.15) is 6.04 Å². The summed E-state index contributed by atoms with van der Waals surface area (Å²) in [5.41, 5.74) is 6.89. The Labute approximate surface area is 127 Å². The summed E-state index contributed by atoms with van der Waals surface area (Å²) in [5.74, 6) is -0.0967. The second-order valence-corrected chi connectivity index (χ2v) is 4.61. The summed E-state index contributed by atoms with van der Waals surface area (Å²) in [6, 6.07) is 8.76. The molecule has 1 aromatic rings. The molecule has 0 heterocycles. The molecule has 0 aromatic heterocycles. The van der Waals surface area contributed by atoms with Crippen molar-refractivity contribution in [3.8, 4) is 0 Å². The van der Waals surface area contributed by atoms with Crippen LogP contribution in [0.5, 0.6) is 0 Å². The van der Waals surface area contributed by atoms with Gasteiger partial charge in [-0.15, -0.1) is 0 Å². The van der Waals surface area contributed by atoms with E-state index in [1.54, 1.807) is 4.90 Å². The highest BCUT2D eigenvalue weighted by atomic mass is 16.5. The molecule has 0 unspecified atom stereocenters. The van der Waals surface area contributed by atoms with Gasteiger partial charge in [0.05, 0.1) is 13.2 Å². The van der Waals surface area contributed by atoms with E-state index in [2.05, 4.69) is 0 Å². The second-order valence-electron chi connectivity index (χ2n) is 4.61. The van der Waals surface area contributed by atoms with Crippen LogP contribution in [-0.2, 0) is 14.3 Å². The molecular weight excluding hydrogens is 268 g/mol. The molecule has 1 aromatic carbocycles. The van der Waals surface area contributed by atoms with Crippen LogP contribution in [0.2, 0.25) is 0 Å². The lowest BCUT2D eigenvalue weighted by atomic mass is 10.1. The van der Waals surface area contributed by atoms with E-state index in [1.165, 1.54) is 0 Å². The van der Waals surface area contributed by atoms with Crippen molar-refractivity contribution in [2.75, 3.05) is 39.5 Å². The molecule has 118 valence electrons. The Kier molecular flexibility index (Phi) is 8.66. The molecule has 5 nitrogen and oxygen atoms in total. The molecule has 0 fully saturated rings. The minimum absolute atomic E-state index is 0.0967. The van der Waals surface area contributed by atoms with Crippen LogP contribution in [0.15, 0.2) is 30.3 Å². The van der Waals surface area contributed by atoms with Gasteiger partial charge >= 0.3 is 0 Å². The number of nitrogens with two attached hydrogens (primary N) is 1. The van der Waals surface area contributed by atoms with E-state index in [9.17, 15) is 4.79 Å². The lowest BCUT2D eigenvalue weighted by molar-refractivity contribution is -0.134. The summed E-state index contributed by atoms with van der Waals surface area (Å²) in [6.07, 6.45) is 0. The molecule has 0 radical (unpaired) electrons. The van der Waals surface area contributed by atoms with Crippen LogP contribution in [0.1, 0.15) is 25.5 Å². The summed E-state index contributed by atoms with van der Waals surface area (Å²) in [7, 11) is 0. The summed E-state index contributed by atoms with van der Waals surface area (Å²) in [4.78, 5) is 14.2. The summed E-state index contributed by atoms with van der Waals surface area (Å²) in [6.45, 7) is 7.22. The van der Waals surface area contributed by atoms with Crippen molar-refractivity contribution in [3.63, 3.8) is 0 Å². The van der Waals surface area contributed by atoms with Gasteiger partial charge in [-0.05, 0) is 19.4 Å². The third-order valence-electron chi connectivity index (χ3n) is 3.16. The first-order chi connectivity index (χ1) is 10.2. The van der Waals surface area contributed by atoms with Gasteiger partial charge in [-0.25, -0.2) is 0 Å². The molecule has 0 saturated carbocycles. The zero-order valence-electron chi connectivity index (χ0n) is 13.0. The van der Waals surface area contributed by atoms with Gasteiger partial charge in [0.25, 0.3) is 0 Å². The number of carbonyl (C=O) groups excluding carboxylic acids is 1. The highest BCUT2D eigenvalue weighted by Gasteiger charge is 2.22. The number of benzene rings is 1. The molecule has 5 heteroatoms. The lowest BCUT2D eigenvalue weighted by Gasteiger charge is -2.25.